The summed E-state index contributed by atoms with van der Waals surface area (Å²) in [6, 6.07) is 2.60. The van der Waals surface area contributed by atoms with Crippen molar-refractivity contribution < 1.29 is 25.6 Å². The zero-order valence-electron chi connectivity index (χ0n) is 11.3. The lowest BCUT2D eigenvalue weighted by Crippen LogP contribution is -2.32. The Balaban J connectivity index is 2.18. The molecule has 1 aromatic carbocycles. The molecule has 0 saturated carbocycles. The minimum Gasteiger partial charge on any atom is -0.229 e. The van der Waals surface area contributed by atoms with Crippen LogP contribution in [-0.2, 0) is 25.6 Å². The molecule has 0 radical (unpaired) electrons. The first kappa shape index (κ1) is 16.3. The number of sulfone groups is 1. The summed E-state index contributed by atoms with van der Waals surface area (Å²) < 4.78 is 74.8. The third-order valence-electron chi connectivity index (χ3n) is 3.45. The van der Waals surface area contributed by atoms with Crippen molar-refractivity contribution >= 4 is 19.9 Å². The zero-order chi connectivity index (χ0) is 15.8. The molecule has 1 aliphatic rings. The van der Waals surface area contributed by atoms with Crippen LogP contribution >= 0.6 is 0 Å². The largest absolute Gasteiger partial charge is 0.229 e. The molecule has 118 valence electrons. The zero-order valence-corrected chi connectivity index (χ0v) is 12.9. The molecule has 0 bridgehead atoms. The Labute approximate surface area is 122 Å². The first-order valence-corrected chi connectivity index (χ1v) is 9.76. The molecule has 1 aliphatic heterocycles. The summed E-state index contributed by atoms with van der Waals surface area (Å²) in [5.41, 5.74) is -0.266. The Morgan fingerprint density at radius 2 is 1.90 bits per heavy atom. The van der Waals surface area contributed by atoms with Crippen LogP contribution in [0.4, 0.5) is 8.78 Å². The Morgan fingerprint density at radius 1 is 1.24 bits per heavy atom. The van der Waals surface area contributed by atoms with Gasteiger partial charge in [-0.1, -0.05) is 0 Å². The number of benzene rings is 1. The highest BCUT2D eigenvalue weighted by Crippen LogP contribution is 2.22. The predicted octanol–water partition coefficient (Wildman–Crippen LogP) is 0.914. The molecule has 0 amide bonds. The molecule has 9 heteroatoms. The molecule has 1 atom stereocenters. The molecule has 1 heterocycles. The number of sulfonamides is 1. The molecule has 5 nitrogen and oxygen atoms in total. The van der Waals surface area contributed by atoms with Gasteiger partial charge in [-0.3, -0.25) is 0 Å². The quantitative estimate of drug-likeness (QED) is 0.818. The first-order chi connectivity index (χ1) is 9.59. The van der Waals surface area contributed by atoms with E-state index in [9.17, 15) is 25.6 Å². The topological polar surface area (TPSA) is 71.5 Å². The van der Waals surface area contributed by atoms with Crippen LogP contribution in [0.15, 0.2) is 18.2 Å². The van der Waals surface area contributed by atoms with E-state index in [2.05, 4.69) is 0 Å². The minimum absolute atomic E-state index is 0.0665. The van der Waals surface area contributed by atoms with E-state index in [1.165, 1.54) is 0 Å². The van der Waals surface area contributed by atoms with E-state index in [1.807, 2.05) is 0 Å². The summed E-state index contributed by atoms with van der Waals surface area (Å²) >= 11 is 0. The van der Waals surface area contributed by atoms with Crippen molar-refractivity contribution in [3.05, 3.63) is 35.4 Å². The summed E-state index contributed by atoms with van der Waals surface area (Å²) in [7, 11) is -7.21. The maximum absolute atomic E-state index is 13.5. The number of rotatable bonds is 4. The highest BCUT2D eigenvalue weighted by Gasteiger charge is 2.36. The molecule has 0 spiro atoms. The van der Waals surface area contributed by atoms with Crippen LogP contribution in [0.2, 0.25) is 0 Å². The average Bonchev–Trinajstić information content (AvgIpc) is 2.83. The molecule has 0 N–H and O–H groups in total. The Hall–Kier alpha value is -1.06. The van der Waals surface area contributed by atoms with Crippen molar-refractivity contribution in [2.45, 2.75) is 17.4 Å². The smallest absolute Gasteiger partial charge is 0.218 e. The number of hydrogen-bond donors (Lipinski definition) is 0. The minimum atomic E-state index is -3.88. The van der Waals surface area contributed by atoms with E-state index >= 15 is 0 Å². The van der Waals surface area contributed by atoms with Gasteiger partial charge in [-0.15, -0.1) is 0 Å². The van der Waals surface area contributed by atoms with Gasteiger partial charge >= 0.3 is 0 Å². The van der Waals surface area contributed by atoms with Crippen molar-refractivity contribution in [3.63, 3.8) is 0 Å². The van der Waals surface area contributed by atoms with Gasteiger partial charge < -0.3 is 0 Å². The fraction of sp³-hybridized carbons (Fsp3) is 0.500. The standard InChI is InChI=1S/C12H15F2NO4S2/c1-20(16,17)11-4-5-15(7-11)21(18,19)8-9-6-10(13)2-3-12(9)14/h2-3,6,11H,4-5,7-8H2,1H3/t11-/m1/s1. The molecule has 1 fully saturated rings. The third kappa shape index (κ3) is 3.78. The molecule has 21 heavy (non-hydrogen) atoms. The van der Waals surface area contributed by atoms with Crippen LogP contribution in [0.5, 0.6) is 0 Å². The van der Waals surface area contributed by atoms with Gasteiger partial charge in [0.05, 0.1) is 11.0 Å². The lowest BCUT2D eigenvalue weighted by atomic mass is 10.2. The lowest BCUT2D eigenvalue weighted by Gasteiger charge is -2.16. The Kier molecular flexibility index (Phi) is 4.36. The summed E-state index contributed by atoms with van der Waals surface area (Å²) in [5.74, 6) is -2.22. The molecular formula is C12H15F2NO4S2. The van der Waals surface area contributed by atoms with Gasteiger partial charge in [0.2, 0.25) is 10.0 Å². The summed E-state index contributed by atoms with van der Waals surface area (Å²) in [4.78, 5) is 0. The second kappa shape index (κ2) is 5.62. The Morgan fingerprint density at radius 3 is 2.48 bits per heavy atom. The summed E-state index contributed by atoms with van der Waals surface area (Å²) in [6.07, 6.45) is 1.27. The van der Waals surface area contributed by atoms with Crippen LogP contribution in [0.3, 0.4) is 0 Å². The average molecular weight is 339 g/mol. The van der Waals surface area contributed by atoms with E-state index in [-0.39, 0.29) is 25.1 Å². The fourth-order valence-corrected chi connectivity index (χ4v) is 4.91. The maximum atomic E-state index is 13.5. The number of hydrogen-bond acceptors (Lipinski definition) is 4. The molecule has 0 unspecified atom stereocenters. The van der Waals surface area contributed by atoms with E-state index in [0.717, 1.165) is 28.8 Å². The van der Waals surface area contributed by atoms with E-state index < -0.39 is 42.5 Å². The van der Waals surface area contributed by atoms with Gasteiger partial charge in [0, 0.05) is 24.9 Å². The predicted molar refractivity (Wildman–Crippen MR) is 73.8 cm³/mol. The van der Waals surface area contributed by atoms with Crippen molar-refractivity contribution in [1.29, 1.82) is 0 Å². The van der Waals surface area contributed by atoms with Crippen molar-refractivity contribution in [2.75, 3.05) is 19.3 Å². The lowest BCUT2D eigenvalue weighted by molar-refractivity contribution is 0.474. The van der Waals surface area contributed by atoms with E-state index in [0.29, 0.717) is 0 Å². The van der Waals surface area contributed by atoms with Crippen LogP contribution in [0.25, 0.3) is 0 Å². The van der Waals surface area contributed by atoms with Gasteiger partial charge in [-0.25, -0.2) is 29.9 Å². The third-order valence-corrected chi connectivity index (χ3v) is 6.84. The fourth-order valence-electron chi connectivity index (χ4n) is 2.24. The second-order valence-electron chi connectivity index (χ2n) is 5.09. The Bertz CT molecular complexity index is 747. The van der Waals surface area contributed by atoms with Crippen LogP contribution < -0.4 is 0 Å². The molecular weight excluding hydrogens is 324 g/mol. The highest BCUT2D eigenvalue weighted by atomic mass is 32.2. The maximum Gasteiger partial charge on any atom is 0.218 e. The molecule has 0 aromatic heterocycles. The van der Waals surface area contributed by atoms with Crippen LogP contribution in [-0.4, -0.2) is 45.7 Å². The van der Waals surface area contributed by atoms with E-state index in [4.69, 9.17) is 0 Å². The van der Waals surface area contributed by atoms with Crippen molar-refractivity contribution in [3.8, 4) is 0 Å². The van der Waals surface area contributed by atoms with Gasteiger partial charge in [0.15, 0.2) is 9.84 Å². The molecule has 2 rings (SSSR count). The van der Waals surface area contributed by atoms with Crippen molar-refractivity contribution in [1.82, 2.24) is 4.31 Å². The number of nitrogens with zero attached hydrogens (tertiary/aromatic N) is 1. The first-order valence-electron chi connectivity index (χ1n) is 6.20. The van der Waals surface area contributed by atoms with Crippen LogP contribution in [0, 0.1) is 11.6 Å². The molecule has 1 saturated heterocycles. The summed E-state index contributed by atoms with van der Waals surface area (Å²) in [5, 5.41) is -0.746. The monoisotopic (exact) mass is 339 g/mol. The second-order valence-corrected chi connectivity index (χ2v) is 9.38. The molecule has 0 aliphatic carbocycles. The van der Waals surface area contributed by atoms with Gasteiger partial charge in [0.1, 0.15) is 11.6 Å². The number of halogens is 2. The van der Waals surface area contributed by atoms with Gasteiger partial charge in [-0.2, -0.15) is 0 Å². The SMILES string of the molecule is CS(=O)(=O)[C@@H]1CCN(S(=O)(=O)Cc2cc(F)ccc2F)C1. The summed E-state index contributed by atoms with van der Waals surface area (Å²) in [6.45, 7) is -0.0743. The van der Waals surface area contributed by atoms with Crippen LogP contribution in [0.1, 0.15) is 12.0 Å². The van der Waals surface area contributed by atoms with Crippen molar-refractivity contribution in [2.24, 2.45) is 0 Å². The normalized spacial score (nSPS) is 20.8. The molecule has 1 aromatic rings. The van der Waals surface area contributed by atoms with Gasteiger partial charge in [-0.05, 0) is 24.6 Å². The van der Waals surface area contributed by atoms with E-state index in [1.54, 1.807) is 0 Å². The highest BCUT2D eigenvalue weighted by molar-refractivity contribution is 7.91. The van der Waals surface area contributed by atoms with Gasteiger partial charge in [0.25, 0.3) is 0 Å².